The van der Waals surface area contributed by atoms with Gasteiger partial charge in [0.1, 0.15) is 0 Å². The van der Waals surface area contributed by atoms with Crippen molar-refractivity contribution in [2.24, 2.45) is 0 Å². The molecule has 1 aromatic carbocycles. The van der Waals surface area contributed by atoms with Gasteiger partial charge in [0.25, 0.3) is 5.91 Å². The van der Waals surface area contributed by atoms with Crippen LogP contribution < -0.4 is 10.6 Å². The van der Waals surface area contributed by atoms with E-state index in [0.717, 1.165) is 30.5 Å². The normalized spacial score (nSPS) is 22.5. The van der Waals surface area contributed by atoms with Gasteiger partial charge in [0.15, 0.2) is 0 Å². The summed E-state index contributed by atoms with van der Waals surface area (Å²) in [5.41, 5.74) is 3.04. The van der Waals surface area contributed by atoms with Crippen LogP contribution in [-0.4, -0.2) is 24.5 Å². The quantitative estimate of drug-likeness (QED) is 0.875. The standard InChI is InChI=1S/C15H22N2O.ClH/c1-10-4-5-14(11(2)8-10)15(18)17-13-6-7-16-12(3)9-13;/h4-5,8,12-13,16H,6-7,9H2,1-3H3,(H,17,18);1H. The van der Waals surface area contributed by atoms with Crippen molar-refractivity contribution in [2.75, 3.05) is 6.54 Å². The minimum atomic E-state index is 0. The van der Waals surface area contributed by atoms with Gasteiger partial charge in [-0.25, -0.2) is 0 Å². The van der Waals surface area contributed by atoms with Gasteiger partial charge in [-0.3, -0.25) is 4.79 Å². The summed E-state index contributed by atoms with van der Waals surface area (Å²) in [6, 6.07) is 6.76. The number of aryl methyl sites for hydroxylation is 2. The van der Waals surface area contributed by atoms with E-state index in [-0.39, 0.29) is 18.3 Å². The second kappa shape index (κ2) is 6.92. The molecule has 1 aliphatic heterocycles. The Labute approximate surface area is 121 Å². The van der Waals surface area contributed by atoms with E-state index in [9.17, 15) is 4.79 Å². The van der Waals surface area contributed by atoms with E-state index in [1.165, 1.54) is 5.56 Å². The Morgan fingerprint density at radius 1 is 1.37 bits per heavy atom. The van der Waals surface area contributed by atoms with Crippen LogP contribution in [0.15, 0.2) is 18.2 Å². The summed E-state index contributed by atoms with van der Waals surface area (Å²) in [4.78, 5) is 12.2. The number of nitrogens with one attached hydrogen (secondary N) is 2. The molecule has 0 saturated carbocycles. The summed E-state index contributed by atoms with van der Waals surface area (Å²) in [5.74, 6) is 0.0617. The summed E-state index contributed by atoms with van der Waals surface area (Å²) >= 11 is 0. The maximum absolute atomic E-state index is 12.2. The molecule has 0 radical (unpaired) electrons. The van der Waals surface area contributed by atoms with E-state index in [0.29, 0.717) is 12.1 Å². The number of piperidine rings is 1. The summed E-state index contributed by atoms with van der Waals surface area (Å²) in [6.45, 7) is 7.19. The van der Waals surface area contributed by atoms with Crippen molar-refractivity contribution in [3.05, 3.63) is 34.9 Å². The summed E-state index contributed by atoms with van der Waals surface area (Å²) in [6.07, 6.45) is 2.03. The highest BCUT2D eigenvalue weighted by molar-refractivity contribution is 5.95. The summed E-state index contributed by atoms with van der Waals surface area (Å²) in [7, 11) is 0. The van der Waals surface area contributed by atoms with Gasteiger partial charge in [-0.2, -0.15) is 0 Å². The van der Waals surface area contributed by atoms with Gasteiger partial charge in [-0.05, 0) is 51.8 Å². The number of rotatable bonds is 2. The van der Waals surface area contributed by atoms with E-state index in [1.54, 1.807) is 0 Å². The number of halogens is 1. The van der Waals surface area contributed by atoms with Gasteiger partial charge in [-0.15, -0.1) is 12.4 Å². The molecule has 2 atom stereocenters. The van der Waals surface area contributed by atoms with Gasteiger partial charge in [0.05, 0.1) is 0 Å². The molecule has 1 aliphatic rings. The lowest BCUT2D eigenvalue weighted by molar-refractivity contribution is 0.0925. The summed E-state index contributed by atoms with van der Waals surface area (Å²) < 4.78 is 0. The van der Waals surface area contributed by atoms with Crippen molar-refractivity contribution in [1.29, 1.82) is 0 Å². The monoisotopic (exact) mass is 282 g/mol. The van der Waals surface area contributed by atoms with E-state index < -0.39 is 0 Å². The van der Waals surface area contributed by atoms with Crippen LogP contribution in [0.3, 0.4) is 0 Å². The molecule has 106 valence electrons. The predicted molar refractivity (Wildman–Crippen MR) is 81.1 cm³/mol. The maximum Gasteiger partial charge on any atom is 0.251 e. The first-order valence-corrected chi connectivity index (χ1v) is 6.68. The fourth-order valence-electron chi connectivity index (χ4n) is 2.59. The van der Waals surface area contributed by atoms with Crippen molar-refractivity contribution < 1.29 is 4.79 Å². The van der Waals surface area contributed by atoms with Crippen molar-refractivity contribution in [2.45, 2.75) is 45.7 Å². The highest BCUT2D eigenvalue weighted by Gasteiger charge is 2.20. The van der Waals surface area contributed by atoms with Crippen LogP contribution in [0.4, 0.5) is 0 Å². The molecule has 2 unspecified atom stereocenters. The van der Waals surface area contributed by atoms with E-state index in [1.807, 2.05) is 26.0 Å². The zero-order valence-electron chi connectivity index (χ0n) is 11.8. The Bertz CT molecular complexity index is 448. The molecule has 3 nitrogen and oxygen atoms in total. The number of hydrogen-bond donors (Lipinski definition) is 2. The van der Waals surface area contributed by atoms with Gasteiger partial charge in [-0.1, -0.05) is 17.7 Å². The number of carbonyl (C=O) groups excluding carboxylic acids is 1. The molecule has 1 heterocycles. The first kappa shape index (κ1) is 16.0. The van der Waals surface area contributed by atoms with E-state index in [4.69, 9.17) is 0 Å². The smallest absolute Gasteiger partial charge is 0.251 e. The molecule has 0 aliphatic carbocycles. The highest BCUT2D eigenvalue weighted by atomic mass is 35.5. The van der Waals surface area contributed by atoms with Crippen LogP contribution in [0.1, 0.15) is 41.3 Å². The topological polar surface area (TPSA) is 41.1 Å². The second-order valence-electron chi connectivity index (χ2n) is 5.37. The molecule has 4 heteroatoms. The Balaban J connectivity index is 0.00000180. The third-order valence-corrected chi connectivity index (χ3v) is 3.59. The fourth-order valence-corrected chi connectivity index (χ4v) is 2.59. The predicted octanol–water partition coefficient (Wildman–Crippen LogP) is 2.60. The second-order valence-corrected chi connectivity index (χ2v) is 5.37. The molecule has 2 N–H and O–H groups in total. The first-order chi connectivity index (χ1) is 8.56. The molecule has 19 heavy (non-hydrogen) atoms. The average molecular weight is 283 g/mol. The minimum absolute atomic E-state index is 0. The molecule has 1 saturated heterocycles. The SMILES string of the molecule is Cc1ccc(C(=O)NC2CCNC(C)C2)c(C)c1.Cl. The van der Waals surface area contributed by atoms with Crippen LogP contribution in [-0.2, 0) is 0 Å². The third kappa shape index (κ3) is 4.22. The maximum atomic E-state index is 12.2. The van der Waals surface area contributed by atoms with Gasteiger partial charge in [0, 0.05) is 17.6 Å². The molecule has 1 fully saturated rings. The number of carbonyl (C=O) groups is 1. The Morgan fingerprint density at radius 3 is 2.74 bits per heavy atom. The van der Waals surface area contributed by atoms with Crippen LogP contribution in [0.2, 0.25) is 0 Å². The molecule has 1 amide bonds. The van der Waals surface area contributed by atoms with Crippen LogP contribution in [0.5, 0.6) is 0 Å². The lowest BCUT2D eigenvalue weighted by Crippen LogP contribution is -2.46. The first-order valence-electron chi connectivity index (χ1n) is 6.68. The molecule has 0 bridgehead atoms. The van der Waals surface area contributed by atoms with Gasteiger partial charge in [0.2, 0.25) is 0 Å². The molecule has 1 aromatic rings. The largest absolute Gasteiger partial charge is 0.349 e. The highest BCUT2D eigenvalue weighted by Crippen LogP contribution is 2.13. The van der Waals surface area contributed by atoms with E-state index >= 15 is 0 Å². The average Bonchev–Trinajstić information content (AvgIpc) is 2.28. The molecular weight excluding hydrogens is 260 g/mol. The number of amides is 1. The molecule has 0 aromatic heterocycles. The molecular formula is C15H23ClN2O. The lowest BCUT2D eigenvalue weighted by atomic mass is 9.99. The fraction of sp³-hybridized carbons (Fsp3) is 0.533. The van der Waals surface area contributed by atoms with Crippen LogP contribution >= 0.6 is 12.4 Å². The number of benzene rings is 1. The zero-order chi connectivity index (χ0) is 13.1. The molecule has 2 rings (SSSR count). The Hall–Kier alpha value is -1.06. The van der Waals surface area contributed by atoms with Crippen molar-refractivity contribution >= 4 is 18.3 Å². The molecule has 0 spiro atoms. The lowest BCUT2D eigenvalue weighted by Gasteiger charge is -2.28. The van der Waals surface area contributed by atoms with E-state index in [2.05, 4.69) is 23.6 Å². The van der Waals surface area contributed by atoms with Crippen molar-refractivity contribution in [3.8, 4) is 0 Å². The van der Waals surface area contributed by atoms with Crippen molar-refractivity contribution in [1.82, 2.24) is 10.6 Å². The van der Waals surface area contributed by atoms with Crippen molar-refractivity contribution in [3.63, 3.8) is 0 Å². The summed E-state index contributed by atoms with van der Waals surface area (Å²) in [5, 5.41) is 6.54. The van der Waals surface area contributed by atoms with Gasteiger partial charge < -0.3 is 10.6 Å². The Kier molecular flexibility index (Phi) is 5.83. The van der Waals surface area contributed by atoms with Crippen LogP contribution in [0.25, 0.3) is 0 Å². The third-order valence-electron chi connectivity index (χ3n) is 3.59. The Morgan fingerprint density at radius 2 is 2.11 bits per heavy atom. The number of hydrogen-bond acceptors (Lipinski definition) is 2. The van der Waals surface area contributed by atoms with Gasteiger partial charge >= 0.3 is 0 Å². The van der Waals surface area contributed by atoms with Crippen LogP contribution in [0, 0.1) is 13.8 Å². The minimum Gasteiger partial charge on any atom is -0.349 e. The zero-order valence-corrected chi connectivity index (χ0v) is 12.6.